The fraction of sp³-hybridized carbons (Fsp3) is 0.500. The van der Waals surface area contributed by atoms with E-state index >= 15 is 0 Å². The SMILES string of the molecule is O=C(OCCOc1ccccc1F)C1CCCC1. The van der Waals surface area contributed by atoms with Crippen molar-refractivity contribution in [1.29, 1.82) is 0 Å². The molecular weight excluding hydrogens is 235 g/mol. The fourth-order valence-electron chi connectivity index (χ4n) is 2.14. The lowest BCUT2D eigenvalue weighted by Gasteiger charge is -2.10. The van der Waals surface area contributed by atoms with Gasteiger partial charge in [-0.1, -0.05) is 25.0 Å². The smallest absolute Gasteiger partial charge is 0.309 e. The molecule has 0 atom stereocenters. The molecule has 4 heteroatoms. The molecule has 0 heterocycles. The topological polar surface area (TPSA) is 35.5 Å². The lowest BCUT2D eigenvalue weighted by Crippen LogP contribution is -2.18. The first-order chi connectivity index (χ1) is 8.77. The number of para-hydroxylation sites is 1. The van der Waals surface area contributed by atoms with E-state index in [-0.39, 0.29) is 30.9 Å². The average molecular weight is 252 g/mol. The van der Waals surface area contributed by atoms with E-state index in [0.717, 1.165) is 25.7 Å². The third kappa shape index (κ3) is 3.45. The number of carbonyl (C=O) groups excluding carboxylic acids is 1. The summed E-state index contributed by atoms with van der Waals surface area (Å²) in [7, 11) is 0. The van der Waals surface area contributed by atoms with E-state index in [2.05, 4.69) is 0 Å². The monoisotopic (exact) mass is 252 g/mol. The molecule has 0 aromatic heterocycles. The van der Waals surface area contributed by atoms with Gasteiger partial charge in [-0.25, -0.2) is 4.39 Å². The van der Waals surface area contributed by atoms with Crippen LogP contribution in [0.1, 0.15) is 25.7 Å². The Morgan fingerprint density at radius 1 is 1.22 bits per heavy atom. The Bertz CT molecular complexity index is 400. The number of rotatable bonds is 5. The Hall–Kier alpha value is -1.58. The van der Waals surface area contributed by atoms with Crippen molar-refractivity contribution < 1.29 is 18.7 Å². The van der Waals surface area contributed by atoms with Crippen LogP contribution in [0, 0.1) is 11.7 Å². The molecule has 0 N–H and O–H groups in total. The van der Waals surface area contributed by atoms with Crippen LogP contribution in [0.25, 0.3) is 0 Å². The van der Waals surface area contributed by atoms with Crippen molar-refractivity contribution in [3.63, 3.8) is 0 Å². The maximum atomic E-state index is 13.2. The Kier molecular flexibility index (Phi) is 4.56. The molecule has 0 unspecified atom stereocenters. The van der Waals surface area contributed by atoms with Gasteiger partial charge in [-0.3, -0.25) is 4.79 Å². The summed E-state index contributed by atoms with van der Waals surface area (Å²) in [6.45, 7) is 0.350. The quantitative estimate of drug-likeness (QED) is 0.597. The number of esters is 1. The number of hydrogen-bond acceptors (Lipinski definition) is 3. The molecule has 0 aliphatic heterocycles. The second-order valence-corrected chi connectivity index (χ2v) is 4.43. The summed E-state index contributed by atoms with van der Waals surface area (Å²) in [5.41, 5.74) is 0. The minimum atomic E-state index is -0.403. The zero-order valence-electron chi connectivity index (χ0n) is 10.2. The zero-order chi connectivity index (χ0) is 12.8. The third-order valence-electron chi connectivity index (χ3n) is 3.11. The lowest BCUT2D eigenvalue weighted by atomic mass is 10.1. The Morgan fingerprint density at radius 2 is 1.94 bits per heavy atom. The first-order valence-electron chi connectivity index (χ1n) is 6.31. The van der Waals surface area contributed by atoms with Crippen LogP contribution in [0.4, 0.5) is 4.39 Å². The van der Waals surface area contributed by atoms with Crippen LogP contribution in [0.3, 0.4) is 0 Å². The molecule has 18 heavy (non-hydrogen) atoms. The summed E-state index contributed by atoms with van der Waals surface area (Å²) in [4.78, 5) is 11.6. The van der Waals surface area contributed by atoms with E-state index in [1.807, 2.05) is 0 Å². The molecule has 1 fully saturated rings. The van der Waals surface area contributed by atoms with Gasteiger partial charge in [-0.05, 0) is 25.0 Å². The van der Waals surface area contributed by atoms with Gasteiger partial charge in [0.25, 0.3) is 0 Å². The Balaban J connectivity index is 1.67. The molecule has 1 aromatic rings. The molecule has 98 valence electrons. The van der Waals surface area contributed by atoms with Crippen molar-refractivity contribution in [3.8, 4) is 5.75 Å². The Labute approximate surface area is 106 Å². The normalized spacial score (nSPS) is 15.6. The second kappa shape index (κ2) is 6.38. The minimum Gasteiger partial charge on any atom is -0.487 e. The molecular formula is C14H17FO3. The van der Waals surface area contributed by atoms with E-state index in [4.69, 9.17) is 9.47 Å². The highest BCUT2D eigenvalue weighted by atomic mass is 19.1. The standard InChI is InChI=1S/C14H17FO3/c15-12-7-3-4-8-13(12)17-9-10-18-14(16)11-5-1-2-6-11/h3-4,7-8,11H,1-2,5-6,9-10H2. The molecule has 1 aliphatic carbocycles. The lowest BCUT2D eigenvalue weighted by molar-refractivity contribution is -0.149. The van der Waals surface area contributed by atoms with Gasteiger partial charge in [0.1, 0.15) is 13.2 Å². The molecule has 1 saturated carbocycles. The summed E-state index contributed by atoms with van der Waals surface area (Å²) in [6.07, 6.45) is 4.05. The highest BCUT2D eigenvalue weighted by Gasteiger charge is 2.23. The van der Waals surface area contributed by atoms with Crippen molar-refractivity contribution in [1.82, 2.24) is 0 Å². The van der Waals surface area contributed by atoms with Gasteiger partial charge >= 0.3 is 5.97 Å². The summed E-state index contributed by atoms with van der Waals surface area (Å²) in [6, 6.07) is 6.18. The number of ether oxygens (including phenoxy) is 2. The van der Waals surface area contributed by atoms with Crippen LogP contribution in [-0.2, 0) is 9.53 Å². The molecule has 0 spiro atoms. The van der Waals surface area contributed by atoms with Crippen LogP contribution >= 0.6 is 0 Å². The predicted octanol–water partition coefficient (Wildman–Crippen LogP) is 2.94. The van der Waals surface area contributed by atoms with Crippen LogP contribution < -0.4 is 4.74 Å². The molecule has 0 radical (unpaired) electrons. The summed E-state index contributed by atoms with van der Waals surface area (Å²) in [5.74, 6) is -0.308. The van der Waals surface area contributed by atoms with E-state index in [9.17, 15) is 9.18 Å². The van der Waals surface area contributed by atoms with Gasteiger partial charge in [0, 0.05) is 0 Å². The van der Waals surface area contributed by atoms with Crippen LogP contribution in [0.5, 0.6) is 5.75 Å². The molecule has 0 saturated heterocycles. The van der Waals surface area contributed by atoms with Crippen LogP contribution in [0.15, 0.2) is 24.3 Å². The summed E-state index contributed by atoms with van der Waals surface area (Å²) >= 11 is 0. The molecule has 3 nitrogen and oxygen atoms in total. The maximum Gasteiger partial charge on any atom is 0.309 e. The Morgan fingerprint density at radius 3 is 2.67 bits per heavy atom. The second-order valence-electron chi connectivity index (χ2n) is 4.43. The highest BCUT2D eigenvalue weighted by molar-refractivity contribution is 5.72. The van der Waals surface area contributed by atoms with E-state index in [1.165, 1.54) is 6.07 Å². The van der Waals surface area contributed by atoms with Gasteiger partial charge in [-0.15, -0.1) is 0 Å². The number of halogens is 1. The van der Waals surface area contributed by atoms with Gasteiger partial charge in [0.05, 0.1) is 5.92 Å². The van der Waals surface area contributed by atoms with Gasteiger partial charge < -0.3 is 9.47 Å². The van der Waals surface area contributed by atoms with Crippen molar-refractivity contribution in [2.24, 2.45) is 5.92 Å². The maximum absolute atomic E-state index is 13.2. The van der Waals surface area contributed by atoms with E-state index in [0.29, 0.717) is 0 Å². The van der Waals surface area contributed by atoms with Crippen molar-refractivity contribution in [2.75, 3.05) is 13.2 Å². The van der Waals surface area contributed by atoms with Crippen molar-refractivity contribution in [2.45, 2.75) is 25.7 Å². The third-order valence-corrected chi connectivity index (χ3v) is 3.11. The van der Waals surface area contributed by atoms with Crippen molar-refractivity contribution in [3.05, 3.63) is 30.1 Å². The van der Waals surface area contributed by atoms with Gasteiger partial charge in [0.2, 0.25) is 0 Å². The van der Waals surface area contributed by atoms with Crippen LogP contribution in [0.2, 0.25) is 0 Å². The van der Waals surface area contributed by atoms with Crippen LogP contribution in [-0.4, -0.2) is 19.2 Å². The molecule has 0 bridgehead atoms. The molecule has 2 rings (SSSR count). The highest BCUT2D eigenvalue weighted by Crippen LogP contribution is 2.25. The fourth-order valence-corrected chi connectivity index (χ4v) is 2.14. The summed E-state index contributed by atoms with van der Waals surface area (Å²) in [5, 5.41) is 0. The van der Waals surface area contributed by atoms with E-state index < -0.39 is 5.82 Å². The van der Waals surface area contributed by atoms with E-state index in [1.54, 1.807) is 18.2 Å². The zero-order valence-corrected chi connectivity index (χ0v) is 10.2. The minimum absolute atomic E-state index is 0.0541. The summed E-state index contributed by atoms with van der Waals surface area (Å²) < 4.78 is 23.5. The molecule has 1 aliphatic rings. The number of carbonyl (C=O) groups is 1. The van der Waals surface area contributed by atoms with Crippen molar-refractivity contribution >= 4 is 5.97 Å². The first kappa shape index (κ1) is 12.9. The largest absolute Gasteiger partial charge is 0.487 e. The molecule has 0 amide bonds. The number of benzene rings is 1. The van der Waals surface area contributed by atoms with Gasteiger partial charge in [-0.2, -0.15) is 0 Å². The van der Waals surface area contributed by atoms with Gasteiger partial charge in [0.15, 0.2) is 11.6 Å². The molecule has 1 aromatic carbocycles. The number of hydrogen-bond donors (Lipinski definition) is 0. The first-order valence-corrected chi connectivity index (χ1v) is 6.31. The predicted molar refractivity (Wildman–Crippen MR) is 64.8 cm³/mol. The average Bonchev–Trinajstić information content (AvgIpc) is 2.90.